The van der Waals surface area contributed by atoms with Gasteiger partial charge in [0.05, 0.1) is 0 Å². The molecule has 0 atom stereocenters. The van der Waals surface area contributed by atoms with Crippen molar-refractivity contribution < 1.29 is 0 Å². The first-order valence-electron chi connectivity index (χ1n) is 28.4. The van der Waals surface area contributed by atoms with Crippen molar-refractivity contribution >= 4 is 86.2 Å². The van der Waals surface area contributed by atoms with E-state index in [-0.39, 0.29) is 13.4 Å². The van der Waals surface area contributed by atoms with Gasteiger partial charge in [0.25, 0.3) is 0 Å². The molecule has 0 unspecified atom stereocenters. The molecule has 0 nitrogen and oxygen atoms in total. The molecule has 0 radical (unpaired) electrons. The maximum atomic E-state index is 2.49. The molecule has 0 saturated heterocycles. The van der Waals surface area contributed by atoms with Crippen molar-refractivity contribution in [1.29, 1.82) is 0 Å². The van der Waals surface area contributed by atoms with Gasteiger partial charge in [0.15, 0.2) is 8.07 Å². The average Bonchev–Trinajstić information content (AvgIpc) is 3.52. The first kappa shape index (κ1) is 53.1. The third kappa shape index (κ3) is 9.57. The lowest BCUT2D eigenvalue weighted by Crippen LogP contribution is -2.60. The molecule has 11 rings (SSSR count). The van der Waals surface area contributed by atoms with E-state index in [4.69, 9.17) is 0 Å². The molecule has 0 N–H and O–H groups in total. The maximum Gasteiger partial charge on any atom is 0.242 e. The Bertz CT molecular complexity index is 3510. The van der Waals surface area contributed by atoms with E-state index in [0.717, 1.165) is 0 Å². The van der Waals surface area contributed by atoms with E-state index < -0.39 is 8.07 Å². The molecule has 0 aliphatic carbocycles. The second kappa shape index (κ2) is 21.7. The first-order valence-corrected chi connectivity index (χ1v) is 30.4. The van der Waals surface area contributed by atoms with Crippen LogP contribution in [0.1, 0.15) is 89.0 Å². The van der Waals surface area contributed by atoms with E-state index in [2.05, 4.69) is 301 Å². The molecule has 3 heteroatoms. The standard InChI is InChI=1S/C76H72B2Si/c1-49-41-53(5)71(54(6)42-49)77(72-55(7)43-50(2)44-56(72)8)65-37-33-63(34-38-65)75-69(61-25-17-13-18-26-61)70(62-27-19-14-20-28-62)76(79(75,67-29-21-15-22-30-67)68-31-23-16-24-32-68)64-35-39-66(40-36-64)78(73-57(9)45-51(3)46-58(73)10)74-59(11)47-52(4)48-60(74)12/h13-48H,1-12H3. The smallest absolute Gasteiger partial charge is 0.0686 e. The molecule has 79 heavy (non-hydrogen) atoms. The van der Waals surface area contributed by atoms with Crippen LogP contribution in [0.2, 0.25) is 0 Å². The van der Waals surface area contributed by atoms with Crippen LogP contribution in [-0.2, 0) is 0 Å². The second-order valence-corrected chi connectivity index (χ2v) is 26.7. The fourth-order valence-corrected chi connectivity index (χ4v) is 20.2. The van der Waals surface area contributed by atoms with Gasteiger partial charge in [-0.15, -0.1) is 0 Å². The number of rotatable bonds is 12. The summed E-state index contributed by atoms with van der Waals surface area (Å²) in [4.78, 5) is 0. The summed E-state index contributed by atoms with van der Waals surface area (Å²) in [6.45, 7) is 27.5. The quantitative estimate of drug-likeness (QED) is 0.107. The van der Waals surface area contributed by atoms with E-state index in [1.807, 2.05) is 0 Å². The second-order valence-electron chi connectivity index (χ2n) is 23.1. The van der Waals surface area contributed by atoms with E-state index in [1.54, 1.807) is 0 Å². The fourth-order valence-electron chi connectivity index (χ4n) is 14.6. The van der Waals surface area contributed by atoms with Gasteiger partial charge >= 0.3 is 0 Å². The zero-order valence-electron chi connectivity index (χ0n) is 48.4. The van der Waals surface area contributed by atoms with Crippen molar-refractivity contribution in [1.82, 2.24) is 0 Å². The maximum absolute atomic E-state index is 3.30. The van der Waals surface area contributed by atoms with E-state index in [9.17, 15) is 0 Å². The average molecular weight is 1040 g/mol. The molecule has 0 fully saturated rings. The third-order valence-electron chi connectivity index (χ3n) is 17.2. The van der Waals surface area contributed by atoms with Crippen molar-refractivity contribution in [2.75, 3.05) is 0 Å². The lowest BCUT2D eigenvalue weighted by atomic mass is 9.34. The summed E-state index contributed by atoms with van der Waals surface area (Å²) >= 11 is 0. The van der Waals surface area contributed by atoms with Gasteiger partial charge in [0.2, 0.25) is 13.4 Å². The van der Waals surface area contributed by atoms with E-state index in [1.165, 1.54) is 154 Å². The summed E-state index contributed by atoms with van der Waals surface area (Å²) in [6.07, 6.45) is 0. The number of benzene rings is 10. The molecule has 386 valence electrons. The van der Waals surface area contributed by atoms with Crippen LogP contribution in [0.4, 0.5) is 0 Å². The van der Waals surface area contributed by atoms with Crippen LogP contribution >= 0.6 is 0 Å². The van der Waals surface area contributed by atoms with Crippen LogP contribution in [0.15, 0.2) is 218 Å². The van der Waals surface area contributed by atoms with Crippen molar-refractivity contribution in [3.8, 4) is 0 Å². The van der Waals surface area contributed by atoms with Crippen molar-refractivity contribution in [3.63, 3.8) is 0 Å². The largest absolute Gasteiger partial charge is 0.242 e. The minimum atomic E-state index is -3.30. The fraction of sp³-hybridized carbons (Fsp3) is 0.158. The number of allylic oxidation sites excluding steroid dienone is 2. The minimum Gasteiger partial charge on any atom is -0.0686 e. The van der Waals surface area contributed by atoms with E-state index in [0.29, 0.717) is 0 Å². The Balaban J connectivity index is 1.22. The Morgan fingerprint density at radius 2 is 0.468 bits per heavy atom. The molecule has 0 saturated carbocycles. The monoisotopic (exact) mass is 1030 g/mol. The van der Waals surface area contributed by atoms with Crippen molar-refractivity contribution in [2.45, 2.75) is 83.1 Å². The molecular formula is C76H72B2Si. The van der Waals surface area contributed by atoms with Gasteiger partial charge in [-0.25, -0.2) is 0 Å². The van der Waals surface area contributed by atoms with Crippen molar-refractivity contribution in [3.05, 3.63) is 307 Å². The van der Waals surface area contributed by atoms with Gasteiger partial charge in [0.1, 0.15) is 0 Å². The highest BCUT2D eigenvalue weighted by Gasteiger charge is 2.53. The number of hydrogen-bond donors (Lipinski definition) is 0. The highest BCUT2D eigenvalue weighted by molar-refractivity contribution is 7.29. The predicted octanol–water partition coefficient (Wildman–Crippen LogP) is 13.3. The molecule has 0 spiro atoms. The summed E-state index contributed by atoms with van der Waals surface area (Å²) in [5, 5.41) is 5.56. The van der Waals surface area contributed by atoms with Crippen LogP contribution < -0.4 is 43.2 Å². The highest BCUT2D eigenvalue weighted by Crippen LogP contribution is 2.55. The SMILES string of the molecule is Cc1cc(C)c(B(c2ccc(C3=C(c4ccccc4)C(c4ccccc4)=C(c4ccc(B(c5c(C)cc(C)cc5C)c5c(C)cc(C)cc5C)cc4)[Si]3(c3ccccc3)c3ccccc3)cc2)c2c(C)cc(C)cc2C)c(C)c1. The molecule has 10 aromatic rings. The first-order chi connectivity index (χ1) is 38.1. The number of hydrogen-bond acceptors (Lipinski definition) is 0. The lowest BCUT2D eigenvalue weighted by molar-refractivity contribution is 1.34. The molecule has 0 bridgehead atoms. The Labute approximate surface area is 473 Å². The molecule has 1 aliphatic heterocycles. The Kier molecular flexibility index (Phi) is 14.6. The summed E-state index contributed by atoms with van der Waals surface area (Å²) in [6, 6.07) is 84.6. The predicted molar refractivity (Wildman–Crippen MR) is 349 cm³/mol. The highest BCUT2D eigenvalue weighted by atomic mass is 28.3. The summed E-state index contributed by atoms with van der Waals surface area (Å²) in [5.74, 6) is 0. The van der Waals surface area contributed by atoms with Gasteiger partial charge in [-0.05, 0) is 137 Å². The summed E-state index contributed by atoms with van der Waals surface area (Å²) in [5.41, 5.74) is 31.7. The van der Waals surface area contributed by atoms with Gasteiger partial charge in [0, 0.05) is 0 Å². The summed E-state index contributed by atoms with van der Waals surface area (Å²) in [7, 11) is -3.30. The van der Waals surface area contributed by atoms with Crippen LogP contribution in [0.5, 0.6) is 0 Å². The lowest BCUT2D eigenvalue weighted by Gasteiger charge is -2.36. The van der Waals surface area contributed by atoms with Crippen LogP contribution in [0.3, 0.4) is 0 Å². The molecule has 0 aromatic heterocycles. The normalized spacial score (nSPS) is 13.1. The van der Waals surface area contributed by atoms with Gasteiger partial charge in [-0.1, -0.05) is 318 Å². The van der Waals surface area contributed by atoms with E-state index >= 15 is 0 Å². The Morgan fingerprint density at radius 1 is 0.241 bits per heavy atom. The van der Waals surface area contributed by atoms with Gasteiger partial charge in [-0.3, -0.25) is 0 Å². The number of aryl methyl sites for hydroxylation is 12. The zero-order chi connectivity index (χ0) is 55.3. The molecular weight excluding hydrogens is 963 g/mol. The molecule has 10 aromatic carbocycles. The van der Waals surface area contributed by atoms with Gasteiger partial charge in [-0.2, -0.15) is 0 Å². The summed E-state index contributed by atoms with van der Waals surface area (Å²) < 4.78 is 0. The minimum absolute atomic E-state index is 0.0579. The van der Waals surface area contributed by atoms with Crippen LogP contribution in [-0.4, -0.2) is 21.5 Å². The zero-order valence-corrected chi connectivity index (χ0v) is 49.4. The third-order valence-corrected chi connectivity index (χ3v) is 22.2. The Morgan fingerprint density at radius 3 is 0.709 bits per heavy atom. The molecule has 0 amide bonds. The van der Waals surface area contributed by atoms with Gasteiger partial charge < -0.3 is 0 Å². The van der Waals surface area contributed by atoms with Crippen molar-refractivity contribution in [2.24, 2.45) is 0 Å². The van der Waals surface area contributed by atoms with Crippen LogP contribution in [0.25, 0.3) is 21.5 Å². The Hall–Kier alpha value is -7.97. The topological polar surface area (TPSA) is 0 Å². The molecule has 1 aliphatic rings. The molecule has 1 heterocycles. The van der Waals surface area contributed by atoms with Crippen LogP contribution in [0, 0.1) is 83.1 Å².